The lowest BCUT2D eigenvalue weighted by Gasteiger charge is -2.10. The van der Waals surface area contributed by atoms with E-state index < -0.39 is 0 Å². The summed E-state index contributed by atoms with van der Waals surface area (Å²) in [7, 11) is 0. The maximum absolute atomic E-state index is 12.0. The number of rotatable bonds is 6. The van der Waals surface area contributed by atoms with E-state index in [0.29, 0.717) is 24.6 Å². The number of nitrogens with zero attached hydrogens (tertiary/aromatic N) is 2. The molecule has 0 aliphatic carbocycles. The molecule has 1 aliphatic heterocycles. The number of nitrogens with one attached hydrogen (secondary N) is 2. The molecule has 1 amide bonds. The second-order valence-electron chi connectivity index (χ2n) is 5.93. The molecule has 1 fully saturated rings. The predicted molar refractivity (Wildman–Crippen MR) is 91.8 cm³/mol. The summed E-state index contributed by atoms with van der Waals surface area (Å²) < 4.78 is 5.48. The maximum atomic E-state index is 12.0. The topological polar surface area (TPSA) is 76.1 Å². The highest BCUT2D eigenvalue weighted by atomic mass is 16.5. The number of hydrogen-bond donors (Lipinski definition) is 2. The van der Waals surface area contributed by atoms with Crippen molar-refractivity contribution in [2.75, 3.05) is 18.5 Å². The first-order valence-corrected chi connectivity index (χ1v) is 8.24. The highest BCUT2D eigenvalue weighted by Crippen LogP contribution is 2.12. The van der Waals surface area contributed by atoms with Crippen LogP contribution in [0, 0.1) is 6.92 Å². The summed E-state index contributed by atoms with van der Waals surface area (Å²) in [5.41, 5.74) is 2.75. The van der Waals surface area contributed by atoms with Crippen molar-refractivity contribution in [1.29, 1.82) is 0 Å². The van der Waals surface area contributed by atoms with E-state index >= 15 is 0 Å². The van der Waals surface area contributed by atoms with E-state index in [1.807, 2.05) is 12.1 Å². The van der Waals surface area contributed by atoms with Crippen molar-refractivity contribution in [3.8, 4) is 0 Å². The molecule has 2 N–H and O–H groups in total. The van der Waals surface area contributed by atoms with Gasteiger partial charge in [0.15, 0.2) is 5.69 Å². The zero-order chi connectivity index (χ0) is 16.8. The van der Waals surface area contributed by atoms with E-state index in [0.717, 1.165) is 19.4 Å². The van der Waals surface area contributed by atoms with Crippen LogP contribution in [0.15, 0.2) is 36.4 Å². The van der Waals surface area contributed by atoms with Gasteiger partial charge in [-0.25, -0.2) is 0 Å². The highest BCUT2D eigenvalue weighted by molar-refractivity contribution is 5.92. The molecule has 24 heavy (non-hydrogen) atoms. The van der Waals surface area contributed by atoms with E-state index in [-0.39, 0.29) is 12.0 Å². The van der Waals surface area contributed by atoms with E-state index in [9.17, 15) is 4.79 Å². The van der Waals surface area contributed by atoms with Crippen molar-refractivity contribution >= 4 is 11.7 Å². The van der Waals surface area contributed by atoms with Gasteiger partial charge in [-0.15, -0.1) is 10.2 Å². The fraction of sp³-hybridized carbons (Fsp3) is 0.389. The number of ether oxygens (including phenoxy) is 1. The van der Waals surface area contributed by atoms with Gasteiger partial charge in [-0.05, 0) is 43.0 Å². The van der Waals surface area contributed by atoms with Gasteiger partial charge in [0, 0.05) is 19.7 Å². The predicted octanol–water partition coefficient (Wildman–Crippen LogP) is 2.31. The first kappa shape index (κ1) is 16.4. The Balaban J connectivity index is 1.51. The Kier molecular flexibility index (Phi) is 5.38. The Morgan fingerprint density at radius 2 is 2.12 bits per heavy atom. The Morgan fingerprint density at radius 1 is 1.25 bits per heavy atom. The quantitative estimate of drug-likeness (QED) is 0.852. The summed E-state index contributed by atoms with van der Waals surface area (Å²) in [6.45, 7) is 4.05. The van der Waals surface area contributed by atoms with Crippen molar-refractivity contribution in [3.05, 3.63) is 53.2 Å². The van der Waals surface area contributed by atoms with Gasteiger partial charge in [0.25, 0.3) is 5.91 Å². The second-order valence-corrected chi connectivity index (χ2v) is 5.93. The molecule has 1 aliphatic rings. The third-order valence-corrected chi connectivity index (χ3v) is 4.13. The van der Waals surface area contributed by atoms with Crippen LogP contribution >= 0.6 is 0 Å². The van der Waals surface area contributed by atoms with E-state index in [1.165, 1.54) is 11.1 Å². The molecule has 1 saturated heterocycles. The molecule has 0 radical (unpaired) electrons. The van der Waals surface area contributed by atoms with Crippen LogP contribution in [-0.4, -0.2) is 35.4 Å². The molecule has 2 aromatic rings. The van der Waals surface area contributed by atoms with Gasteiger partial charge >= 0.3 is 0 Å². The van der Waals surface area contributed by atoms with Gasteiger partial charge in [0.1, 0.15) is 5.82 Å². The number of anilines is 1. The summed E-state index contributed by atoms with van der Waals surface area (Å²) in [6.07, 6.45) is 2.17. The number of amides is 1. The lowest BCUT2D eigenvalue weighted by atomic mass is 10.1. The Labute approximate surface area is 141 Å². The van der Waals surface area contributed by atoms with Crippen molar-refractivity contribution in [2.45, 2.75) is 32.4 Å². The minimum absolute atomic E-state index is 0.122. The molecule has 126 valence electrons. The molecule has 6 heteroatoms. The Bertz CT molecular complexity index is 682. The smallest absolute Gasteiger partial charge is 0.271 e. The summed E-state index contributed by atoms with van der Waals surface area (Å²) in [5.74, 6) is 0.428. The average Bonchev–Trinajstić information content (AvgIpc) is 3.13. The fourth-order valence-corrected chi connectivity index (χ4v) is 2.64. The number of carbonyl (C=O) groups excluding carboxylic acids is 1. The fourth-order valence-electron chi connectivity index (χ4n) is 2.64. The van der Waals surface area contributed by atoms with E-state index in [1.54, 1.807) is 12.1 Å². The van der Waals surface area contributed by atoms with Gasteiger partial charge < -0.3 is 15.4 Å². The molecule has 1 aromatic carbocycles. The summed E-state index contributed by atoms with van der Waals surface area (Å²) in [4.78, 5) is 12.0. The molecule has 3 rings (SSSR count). The monoisotopic (exact) mass is 326 g/mol. The van der Waals surface area contributed by atoms with Gasteiger partial charge in [-0.3, -0.25) is 4.79 Å². The maximum Gasteiger partial charge on any atom is 0.271 e. The van der Waals surface area contributed by atoms with Crippen LogP contribution in [0.4, 0.5) is 5.82 Å². The number of carbonyl (C=O) groups is 1. The van der Waals surface area contributed by atoms with Crippen LogP contribution in [0.1, 0.15) is 34.5 Å². The average molecular weight is 326 g/mol. The van der Waals surface area contributed by atoms with Crippen LogP contribution in [-0.2, 0) is 11.3 Å². The Morgan fingerprint density at radius 3 is 2.83 bits per heavy atom. The van der Waals surface area contributed by atoms with Crippen LogP contribution < -0.4 is 10.6 Å². The van der Waals surface area contributed by atoms with Crippen molar-refractivity contribution in [1.82, 2.24) is 15.5 Å². The molecule has 1 aromatic heterocycles. The molecular formula is C18H22N4O2. The first-order valence-electron chi connectivity index (χ1n) is 8.24. The molecule has 0 spiro atoms. The molecule has 1 atom stereocenters. The van der Waals surface area contributed by atoms with Crippen molar-refractivity contribution in [3.63, 3.8) is 0 Å². The van der Waals surface area contributed by atoms with Crippen LogP contribution in [0.2, 0.25) is 0 Å². The van der Waals surface area contributed by atoms with Gasteiger partial charge in [-0.2, -0.15) is 0 Å². The van der Waals surface area contributed by atoms with Gasteiger partial charge in [-0.1, -0.05) is 24.3 Å². The second kappa shape index (κ2) is 7.88. The normalized spacial score (nSPS) is 16.8. The summed E-state index contributed by atoms with van der Waals surface area (Å²) in [6, 6.07) is 11.6. The standard InChI is InChI=1S/C18H22N4O2/c1-13-5-2-3-6-14(13)11-19-17-9-8-16(21-22-17)18(23)20-12-15-7-4-10-24-15/h2-3,5-6,8-9,15H,4,7,10-12H2,1H3,(H,19,22)(H,20,23). The minimum atomic E-state index is -0.219. The molecule has 2 heterocycles. The van der Waals surface area contributed by atoms with Crippen LogP contribution in [0.5, 0.6) is 0 Å². The lowest BCUT2D eigenvalue weighted by Crippen LogP contribution is -2.32. The number of benzene rings is 1. The Hall–Kier alpha value is -2.47. The molecule has 0 bridgehead atoms. The zero-order valence-electron chi connectivity index (χ0n) is 13.8. The third-order valence-electron chi connectivity index (χ3n) is 4.13. The minimum Gasteiger partial charge on any atom is -0.376 e. The summed E-state index contributed by atoms with van der Waals surface area (Å²) in [5, 5.41) is 14.1. The van der Waals surface area contributed by atoms with Gasteiger partial charge in [0.2, 0.25) is 0 Å². The number of aryl methyl sites for hydroxylation is 1. The van der Waals surface area contributed by atoms with E-state index in [4.69, 9.17) is 4.74 Å². The third kappa shape index (κ3) is 4.29. The number of hydrogen-bond acceptors (Lipinski definition) is 5. The molecule has 6 nitrogen and oxygen atoms in total. The number of aromatic nitrogens is 2. The van der Waals surface area contributed by atoms with Gasteiger partial charge in [0.05, 0.1) is 6.10 Å². The first-order chi connectivity index (χ1) is 11.7. The van der Waals surface area contributed by atoms with Crippen LogP contribution in [0.25, 0.3) is 0 Å². The molecular weight excluding hydrogens is 304 g/mol. The molecule has 1 unspecified atom stereocenters. The largest absolute Gasteiger partial charge is 0.376 e. The van der Waals surface area contributed by atoms with Crippen molar-refractivity contribution < 1.29 is 9.53 Å². The van der Waals surface area contributed by atoms with Crippen LogP contribution in [0.3, 0.4) is 0 Å². The SMILES string of the molecule is Cc1ccccc1CNc1ccc(C(=O)NCC2CCCO2)nn1. The molecule has 0 saturated carbocycles. The summed E-state index contributed by atoms with van der Waals surface area (Å²) >= 11 is 0. The highest BCUT2D eigenvalue weighted by Gasteiger charge is 2.17. The van der Waals surface area contributed by atoms with Crippen molar-refractivity contribution in [2.24, 2.45) is 0 Å². The lowest BCUT2D eigenvalue weighted by molar-refractivity contribution is 0.0853. The zero-order valence-corrected chi connectivity index (χ0v) is 13.8. The van der Waals surface area contributed by atoms with E-state index in [2.05, 4.69) is 39.9 Å².